The van der Waals surface area contributed by atoms with E-state index in [1.54, 1.807) is 38.1 Å². The standard InChI is InChI=1S/C16H20N2O5/c1-9(16(21)22)10(2)17-14(19)8-18-12-6-4-5-7-13(12)23-11(3)15(18)20/h4-7,9-11H,8H2,1-3H3,(H,17,19)(H,21,22). The number of para-hydroxylation sites is 2. The Kier molecular flexibility index (Phi) is 4.88. The highest BCUT2D eigenvalue weighted by Crippen LogP contribution is 2.33. The van der Waals surface area contributed by atoms with E-state index >= 15 is 0 Å². The van der Waals surface area contributed by atoms with Gasteiger partial charge >= 0.3 is 5.97 Å². The zero-order valence-corrected chi connectivity index (χ0v) is 13.3. The SMILES string of the molecule is CC1Oc2ccccc2N(CC(=O)NC(C)C(C)C(=O)O)C1=O. The fraction of sp³-hybridized carbons (Fsp3) is 0.438. The number of carbonyl (C=O) groups is 3. The van der Waals surface area contributed by atoms with Crippen molar-refractivity contribution in [1.29, 1.82) is 0 Å². The average molecular weight is 320 g/mol. The third-order valence-electron chi connectivity index (χ3n) is 3.90. The first-order chi connectivity index (χ1) is 10.8. The minimum Gasteiger partial charge on any atom is -0.481 e. The molecule has 1 aliphatic heterocycles. The van der Waals surface area contributed by atoms with E-state index in [2.05, 4.69) is 5.32 Å². The van der Waals surface area contributed by atoms with E-state index in [9.17, 15) is 14.4 Å². The lowest BCUT2D eigenvalue weighted by atomic mass is 10.0. The number of anilines is 1. The second-order valence-electron chi connectivity index (χ2n) is 5.64. The molecule has 1 heterocycles. The quantitative estimate of drug-likeness (QED) is 0.844. The van der Waals surface area contributed by atoms with Gasteiger partial charge < -0.3 is 15.2 Å². The van der Waals surface area contributed by atoms with E-state index in [-0.39, 0.29) is 12.5 Å². The van der Waals surface area contributed by atoms with E-state index in [1.807, 2.05) is 0 Å². The van der Waals surface area contributed by atoms with Gasteiger partial charge in [0.05, 0.1) is 11.6 Å². The first kappa shape index (κ1) is 16.8. The number of aliphatic carboxylic acids is 1. The molecule has 0 radical (unpaired) electrons. The predicted molar refractivity (Wildman–Crippen MR) is 83.3 cm³/mol. The largest absolute Gasteiger partial charge is 0.481 e. The van der Waals surface area contributed by atoms with Crippen LogP contribution in [0.2, 0.25) is 0 Å². The first-order valence-electron chi connectivity index (χ1n) is 7.40. The smallest absolute Gasteiger partial charge is 0.308 e. The first-order valence-corrected chi connectivity index (χ1v) is 7.40. The number of rotatable bonds is 5. The number of carboxylic acid groups (broad SMARTS) is 1. The molecule has 3 atom stereocenters. The van der Waals surface area contributed by atoms with Gasteiger partial charge in [0.25, 0.3) is 5.91 Å². The Morgan fingerprint density at radius 2 is 2.00 bits per heavy atom. The molecule has 124 valence electrons. The topological polar surface area (TPSA) is 95.9 Å². The number of carbonyl (C=O) groups excluding carboxylic acids is 2. The number of hydrogen-bond donors (Lipinski definition) is 2. The molecule has 3 unspecified atom stereocenters. The zero-order chi connectivity index (χ0) is 17.1. The van der Waals surface area contributed by atoms with Crippen LogP contribution in [0.4, 0.5) is 5.69 Å². The van der Waals surface area contributed by atoms with Gasteiger partial charge in [0.1, 0.15) is 12.3 Å². The molecule has 0 bridgehead atoms. The summed E-state index contributed by atoms with van der Waals surface area (Å²) in [6, 6.07) is 6.44. The second-order valence-corrected chi connectivity index (χ2v) is 5.64. The number of ether oxygens (including phenoxy) is 1. The van der Waals surface area contributed by atoms with Crippen LogP contribution in [-0.2, 0) is 14.4 Å². The van der Waals surface area contributed by atoms with Crippen LogP contribution >= 0.6 is 0 Å². The number of fused-ring (bicyclic) bond motifs is 1. The van der Waals surface area contributed by atoms with E-state index in [4.69, 9.17) is 9.84 Å². The second kappa shape index (κ2) is 6.68. The number of benzene rings is 1. The van der Waals surface area contributed by atoms with E-state index in [0.717, 1.165) is 0 Å². The highest BCUT2D eigenvalue weighted by molar-refractivity contribution is 6.03. The molecule has 0 spiro atoms. The molecule has 0 saturated carbocycles. The average Bonchev–Trinajstić information content (AvgIpc) is 2.50. The van der Waals surface area contributed by atoms with E-state index in [1.165, 1.54) is 11.8 Å². The summed E-state index contributed by atoms with van der Waals surface area (Å²) in [5.74, 6) is -1.88. The maximum Gasteiger partial charge on any atom is 0.308 e. The van der Waals surface area contributed by atoms with Crippen molar-refractivity contribution in [1.82, 2.24) is 5.32 Å². The Labute approximate surface area is 134 Å². The molecule has 1 aliphatic rings. The minimum absolute atomic E-state index is 0.180. The van der Waals surface area contributed by atoms with Gasteiger partial charge in [-0.05, 0) is 32.9 Å². The molecule has 23 heavy (non-hydrogen) atoms. The van der Waals surface area contributed by atoms with E-state index < -0.39 is 29.9 Å². The van der Waals surface area contributed by atoms with Crippen LogP contribution in [0, 0.1) is 5.92 Å². The highest BCUT2D eigenvalue weighted by atomic mass is 16.5. The van der Waals surface area contributed by atoms with Crippen LogP contribution in [-0.4, -0.2) is 41.6 Å². The summed E-state index contributed by atoms with van der Waals surface area (Å²) < 4.78 is 5.51. The van der Waals surface area contributed by atoms with Crippen LogP contribution in [0.1, 0.15) is 20.8 Å². The Bertz CT molecular complexity index is 631. The summed E-state index contributed by atoms with van der Waals surface area (Å²) in [6.45, 7) is 4.58. The molecule has 2 N–H and O–H groups in total. The lowest BCUT2D eigenvalue weighted by molar-refractivity contribution is -0.142. The van der Waals surface area contributed by atoms with Crippen molar-refractivity contribution in [3.8, 4) is 5.75 Å². The van der Waals surface area contributed by atoms with Crippen molar-refractivity contribution in [2.24, 2.45) is 5.92 Å². The van der Waals surface area contributed by atoms with Gasteiger partial charge in [-0.1, -0.05) is 12.1 Å². The van der Waals surface area contributed by atoms with Crippen molar-refractivity contribution < 1.29 is 24.2 Å². The van der Waals surface area contributed by atoms with Crippen LogP contribution in [0.5, 0.6) is 5.75 Å². The van der Waals surface area contributed by atoms with Gasteiger partial charge in [0, 0.05) is 6.04 Å². The van der Waals surface area contributed by atoms with Crippen molar-refractivity contribution in [3.05, 3.63) is 24.3 Å². The summed E-state index contributed by atoms with van der Waals surface area (Å²) in [6.07, 6.45) is -0.673. The Hall–Kier alpha value is -2.57. The normalized spacial score (nSPS) is 19.3. The predicted octanol–water partition coefficient (Wildman–Crippen LogP) is 1.03. The maximum absolute atomic E-state index is 12.3. The third kappa shape index (κ3) is 3.61. The molecule has 0 aliphatic carbocycles. The third-order valence-corrected chi connectivity index (χ3v) is 3.90. The Morgan fingerprint density at radius 3 is 2.65 bits per heavy atom. The molecule has 2 amide bonds. The lowest BCUT2D eigenvalue weighted by Crippen LogP contribution is -2.50. The molecular formula is C16H20N2O5. The van der Waals surface area contributed by atoms with Crippen molar-refractivity contribution in [2.45, 2.75) is 32.9 Å². The Morgan fingerprint density at radius 1 is 1.35 bits per heavy atom. The lowest BCUT2D eigenvalue weighted by Gasteiger charge is -2.32. The Balaban J connectivity index is 2.11. The molecule has 0 fully saturated rings. The van der Waals surface area contributed by atoms with Crippen LogP contribution in [0.15, 0.2) is 24.3 Å². The summed E-state index contributed by atoms with van der Waals surface area (Å²) in [5.41, 5.74) is 0.532. The fourth-order valence-electron chi connectivity index (χ4n) is 2.30. The van der Waals surface area contributed by atoms with Crippen LogP contribution in [0.3, 0.4) is 0 Å². The van der Waals surface area contributed by atoms with Crippen LogP contribution in [0.25, 0.3) is 0 Å². The molecule has 7 heteroatoms. The molecule has 0 saturated heterocycles. The summed E-state index contributed by atoms with van der Waals surface area (Å²) in [4.78, 5) is 36.7. The molecule has 1 aromatic rings. The monoisotopic (exact) mass is 320 g/mol. The van der Waals surface area contributed by atoms with Gasteiger partial charge in [-0.25, -0.2) is 0 Å². The molecule has 0 aromatic heterocycles. The summed E-state index contributed by atoms with van der Waals surface area (Å²) in [7, 11) is 0. The van der Waals surface area contributed by atoms with Gasteiger partial charge in [-0.3, -0.25) is 19.3 Å². The van der Waals surface area contributed by atoms with Crippen molar-refractivity contribution >= 4 is 23.5 Å². The zero-order valence-electron chi connectivity index (χ0n) is 13.3. The number of nitrogens with one attached hydrogen (secondary N) is 1. The molecular weight excluding hydrogens is 300 g/mol. The van der Waals surface area contributed by atoms with Crippen molar-refractivity contribution in [2.75, 3.05) is 11.4 Å². The number of nitrogens with zero attached hydrogens (tertiary/aromatic N) is 1. The number of amides is 2. The minimum atomic E-state index is -0.987. The van der Waals surface area contributed by atoms with Crippen LogP contribution < -0.4 is 15.0 Å². The number of carboxylic acids is 1. The van der Waals surface area contributed by atoms with E-state index in [0.29, 0.717) is 11.4 Å². The summed E-state index contributed by atoms with van der Waals surface area (Å²) in [5, 5.41) is 11.6. The highest BCUT2D eigenvalue weighted by Gasteiger charge is 2.33. The van der Waals surface area contributed by atoms with Gasteiger partial charge in [0.2, 0.25) is 5.91 Å². The summed E-state index contributed by atoms with van der Waals surface area (Å²) >= 11 is 0. The molecule has 2 rings (SSSR count). The van der Waals surface area contributed by atoms with Gasteiger partial charge in [-0.2, -0.15) is 0 Å². The maximum atomic E-state index is 12.3. The molecule has 1 aromatic carbocycles. The fourth-order valence-corrected chi connectivity index (χ4v) is 2.30. The molecule has 7 nitrogen and oxygen atoms in total. The number of hydrogen-bond acceptors (Lipinski definition) is 4. The van der Waals surface area contributed by atoms with Gasteiger partial charge in [-0.15, -0.1) is 0 Å². The van der Waals surface area contributed by atoms with Gasteiger partial charge in [0.15, 0.2) is 6.10 Å². The van der Waals surface area contributed by atoms with Crippen molar-refractivity contribution in [3.63, 3.8) is 0 Å².